The highest BCUT2D eigenvalue weighted by molar-refractivity contribution is 6.55. The third-order valence-corrected chi connectivity index (χ3v) is 4.47. The number of alkyl halides is 3. The molecule has 0 unspecified atom stereocenters. The van der Waals surface area contributed by atoms with E-state index in [4.69, 9.17) is 60.7 Å². The predicted molar refractivity (Wildman–Crippen MR) is 117 cm³/mol. The van der Waals surface area contributed by atoms with Gasteiger partial charge in [-0.05, 0) is 23.8 Å². The monoisotopic (exact) mass is 515 g/mol. The van der Waals surface area contributed by atoms with Crippen molar-refractivity contribution in [2.75, 3.05) is 19.8 Å². The summed E-state index contributed by atoms with van der Waals surface area (Å²) in [7, 11) is 0. The molecule has 2 aromatic carbocycles. The van der Waals surface area contributed by atoms with Crippen molar-refractivity contribution in [1.29, 1.82) is 0 Å². The summed E-state index contributed by atoms with van der Waals surface area (Å²) >= 11 is 23.3. The average molecular weight is 517 g/mol. The van der Waals surface area contributed by atoms with Crippen molar-refractivity contribution >= 4 is 52.6 Å². The van der Waals surface area contributed by atoms with E-state index < -0.39 is 11.7 Å². The van der Waals surface area contributed by atoms with Crippen LogP contribution in [0.4, 0.5) is 13.2 Å². The van der Waals surface area contributed by atoms with Crippen molar-refractivity contribution < 1.29 is 27.5 Å². The summed E-state index contributed by atoms with van der Waals surface area (Å²) < 4.78 is 48.6. The third kappa shape index (κ3) is 9.07. The molecular formula is C20H16Cl4F3NO3. The van der Waals surface area contributed by atoms with Crippen LogP contribution in [0.15, 0.2) is 52.1 Å². The molecule has 4 nitrogen and oxygen atoms in total. The summed E-state index contributed by atoms with van der Waals surface area (Å²) in [4.78, 5) is 5.07. The Labute approximate surface area is 197 Å². The maximum Gasteiger partial charge on any atom is 0.416 e. The second kappa shape index (κ2) is 12.3. The fourth-order valence-electron chi connectivity index (χ4n) is 2.17. The predicted octanol–water partition coefficient (Wildman–Crippen LogP) is 7.53. The minimum atomic E-state index is -4.37. The summed E-state index contributed by atoms with van der Waals surface area (Å²) in [6.45, 7) is 0.624. The molecule has 0 N–H and O–H groups in total. The second-order valence-corrected chi connectivity index (χ2v) is 7.73. The van der Waals surface area contributed by atoms with Crippen LogP contribution >= 0.6 is 46.4 Å². The number of rotatable bonds is 10. The van der Waals surface area contributed by atoms with Crippen LogP contribution in [0, 0.1) is 0 Å². The van der Waals surface area contributed by atoms with E-state index >= 15 is 0 Å². The number of hydrogen-bond donors (Lipinski definition) is 0. The van der Waals surface area contributed by atoms with Crippen molar-refractivity contribution in [2.24, 2.45) is 5.16 Å². The van der Waals surface area contributed by atoms with Crippen LogP contribution in [0.1, 0.15) is 17.5 Å². The molecule has 2 rings (SSSR count). The molecule has 0 saturated heterocycles. The zero-order valence-corrected chi connectivity index (χ0v) is 18.8. The first kappa shape index (κ1) is 25.5. The molecule has 31 heavy (non-hydrogen) atoms. The fraction of sp³-hybridized carbons (Fsp3) is 0.250. The van der Waals surface area contributed by atoms with Crippen molar-refractivity contribution in [3.8, 4) is 11.5 Å². The molecule has 0 amide bonds. The van der Waals surface area contributed by atoms with Crippen LogP contribution in [0.2, 0.25) is 10.0 Å². The van der Waals surface area contributed by atoms with Crippen molar-refractivity contribution in [3.63, 3.8) is 0 Å². The van der Waals surface area contributed by atoms with Crippen LogP contribution < -0.4 is 9.47 Å². The van der Waals surface area contributed by atoms with Crippen molar-refractivity contribution in [2.45, 2.75) is 12.6 Å². The molecule has 0 bridgehead atoms. The molecule has 0 spiro atoms. The highest BCUT2D eigenvalue weighted by atomic mass is 35.5. The molecule has 0 atom stereocenters. The highest BCUT2D eigenvalue weighted by Crippen LogP contribution is 2.37. The van der Waals surface area contributed by atoms with E-state index in [-0.39, 0.29) is 34.4 Å². The zero-order valence-electron chi connectivity index (χ0n) is 15.8. The van der Waals surface area contributed by atoms with Crippen LogP contribution in [0.5, 0.6) is 11.5 Å². The molecule has 168 valence electrons. The Kier molecular flexibility index (Phi) is 10.1. The van der Waals surface area contributed by atoms with Gasteiger partial charge in [-0.25, -0.2) is 0 Å². The first-order valence-corrected chi connectivity index (χ1v) is 10.3. The minimum absolute atomic E-state index is 0.0862. The van der Waals surface area contributed by atoms with Gasteiger partial charge in [0.2, 0.25) is 0 Å². The Balaban J connectivity index is 1.73. The summed E-state index contributed by atoms with van der Waals surface area (Å²) in [5, 5.41) is 4.25. The van der Waals surface area contributed by atoms with Gasteiger partial charge in [0.1, 0.15) is 23.5 Å². The van der Waals surface area contributed by atoms with Crippen LogP contribution in [-0.4, -0.2) is 26.0 Å². The van der Waals surface area contributed by atoms with E-state index in [1.807, 2.05) is 0 Å². The van der Waals surface area contributed by atoms with Crippen LogP contribution in [-0.2, 0) is 11.0 Å². The van der Waals surface area contributed by atoms with Gasteiger partial charge in [-0.2, -0.15) is 13.2 Å². The van der Waals surface area contributed by atoms with E-state index in [0.29, 0.717) is 23.5 Å². The first-order valence-electron chi connectivity index (χ1n) is 8.75. The lowest BCUT2D eigenvalue weighted by Gasteiger charge is -2.12. The zero-order chi connectivity index (χ0) is 22.9. The number of ether oxygens (including phenoxy) is 2. The molecule has 0 radical (unpaired) electrons. The molecule has 2 aromatic rings. The van der Waals surface area contributed by atoms with Crippen LogP contribution in [0.3, 0.4) is 0 Å². The molecule has 11 heteroatoms. The van der Waals surface area contributed by atoms with Crippen molar-refractivity contribution in [3.05, 3.63) is 68.1 Å². The lowest BCUT2D eigenvalue weighted by atomic mass is 10.1. The van der Waals surface area contributed by atoms with E-state index in [9.17, 15) is 13.2 Å². The molecule has 0 aliphatic rings. The number of nitrogens with zero attached hydrogens (tertiary/aromatic N) is 1. The Hall–Kier alpha value is -1.80. The van der Waals surface area contributed by atoms with Crippen molar-refractivity contribution in [1.82, 2.24) is 0 Å². The largest absolute Gasteiger partial charge is 0.490 e. The number of hydrogen-bond acceptors (Lipinski definition) is 4. The maximum absolute atomic E-state index is 12.5. The molecule has 0 aliphatic carbocycles. The first-order chi connectivity index (χ1) is 14.7. The topological polar surface area (TPSA) is 40.0 Å². The van der Waals surface area contributed by atoms with Gasteiger partial charge in [0.15, 0.2) is 5.75 Å². The molecular weight excluding hydrogens is 501 g/mol. The molecule has 0 fully saturated rings. The Bertz CT molecular complexity index is 892. The number of oxime groups is 1. The van der Waals surface area contributed by atoms with Gasteiger partial charge in [-0.1, -0.05) is 63.7 Å². The quantitative estimate of drug-likeness (QED) is 0.186. The molecule has 0 heterocycles. The van der Waals surface area contributed by atoms with Gasteiger partial charge in [-0.15, -0.1) is 0 Å². The minimum Gasteiger partial charge on any atom is -0.490 e. The van der Waals surface area contributed by atoms with E-state index in [2.05, 4.69) is 5.16 Å². The fourth-order valence-corrected chi connectivity index (χ4v) is 2.87. The molecule has 0 aromatic heterocycles. The van der Waals surface area contributed by atoms with Crippen LogP contribution in [0.25, 0.3) is 0 Å². The van der Waals surface area contributed by atoms with Gasteiger partial charge in [0.25, 0.3) is 0 Å². The molecule has 0 saturated carbocycles. The van der Waals surface area contributed by atoms with Gasteiger partial charge >= 0.3 is 6.18 Å². The van der Waals surface area contributed by atoms with Gasteiger partial charge in [0.05, 0.1) is 28.4 Å². The lowest BCUT2D eigenvalue weighted by molar-refractivity contribution is -0.137. The SMILES string of the molecule is FC(F)(F)c1ccc(C=NOCCCOc2c(Cl)cc(OCC=C(Cl)Cl)cc2Cl)cc1. The van der Waals surface area contributed by atoms with E-state index in [1.54, 1.807) is 12.1 Å². The maximum atomic E-state index is 12.5. The smallest absolute Gasteiger partial charge is 0.416 e. The van der Waals surface area contributed by atoms with Gasteiger partial charge in [-0.3, -0.25) is 0 Å². The van der Waals surface area contributed by atoms with E-state index in [1.165, 1.54) is 24.4 Å². The lowest BCUT2D eigenvalue weighted by Crippen LogP contribution is -2.04. The third-order valence-electron chi connectivity index (χ3n) is 3.60. The highest BCUT2D eigenvalue weighted by Gasteiger charge is 2.29. The summed E-state index contributed by atoms with van der Waals surface area (Å²) in [5.74, 6) is 0.726. The normalized spacial score (nSPS) is 11.5. The van der Waals surface area contributed by atoms with Gasteiger partial charge < -0.3 is 14.3 Å². The number of halogens is 7. The molecule has 0 aliphatic heterocycles. The number of benzene rings is 2. The van der Waals surface area contributed by atoms with E-state index in [0.717, 1.165) is 12.1 Å². The standard InChI is InChI=1S/C20H16Cl4F3NO3/c21-16-10-15(29-9-6-18(23)24)11-17(22)19(16)30-7-1-8-31-28-12-13-2-4-14(5-3-13)20(25,26)27/h2-6,10-12H,1,7-9H2. The summed E-state index contributed by atoms with van der Waals surface area (Å²) in [6.07, 6.45) is -1.12. The summed E-state index contributed by atoms with van der Waals surface area (Å²) in [6, 6.07) is 7.65. The second-order valence-electron chi connectivity index (χ2n) is 5.91. The summed E-state index contributed by atoms with van der Waals surface area (Å²) in [5.41, 5.74) is -0.245. The Morgan fingerprint density at radius 2 is 1.61 bits per heavy atom. The Morgan fingerprint density at radius 3 is 2.19 bits per heavy atom. The Morgan fingerprint density at radius 1 is 0.968 bits per heavy atom. The average Bonchev–Trinajstić information content (AvgIpc) is 2.68. The van der Waals surface area contributed by atoms with Gasteiger partial charge in [0, 0.05) is 18.6 Å².